The number of benzene rings is 2. The number of hydrogen-bond donors (Lipinski definition) is 3. The van der Waals surface area contributed by atoms with Gasteiger partial charge in [0.1, 0.15) is 18.0 Å². The van der Waals surface area contributed by atoms with Crippen LogP contribution in [0.4, 0.5) is 17.1 Å². The van der Waals surface area contributed by atoms with Gasteiger partial charge in [-0.3, -0.25) is 23.9 Å². The molecule has 1 heterocycles. The van der Waals surface area contributed by atoms with Crippen LogP contribution in [0.25, 0.3) is 0 Å². The van der Waals surface area contributed by atoms with Crippen molar-refractivity contribution in [2.45, 2.75) is 4.90 Å². The predicted molar refractivity (Wildman–Crippen MR) is 114 cm³/mol. The molecule has 12 nitrogen and oxygen atoms in total. The number of nitrogens with zero attached hydrogens (tertiary/aromatic N) is 1. The highest BCUT2D eigenvalue weighted by atomic mass is 32.2. The summed E-state index contributed by atoms with van der Waals surface area (Å²) in [6.07, 6.45) is 0.933. The van der Waals surface area contributed by atoms with Gasteiger partial charge in [-0.05, 0) is 36.4 Å². The maximum Gasteiger partial charge on any atom is 0.323 e. The third-order valence-corrected chi connectivity index (χ3v) is 6.19. The van der Waals surface area contributed by atoms with Gasteiger partial charge in [0.15, 0.2) is 6.61 Å². The normalized spacial score (nSPS) is 13.7. The standard InChI is InChI=1S/C18H19N3O9S2/c1-29-15-5-3-11(7-13(15)20-31(2,25)26)19-32(27,28)12-4-6-16-14(8-12)21(9-18(23)24)17(22)10-30-16/h3-8,19-20H,9-10H2,1-2H3,(H,23,24). The van der Waals surface area contributed by atoms with Crippen LogP contribution in [-0.2, 0) is 29.6 Å². The van der Waals surface area contributed by atoms with Crippen LogP contribution in [-0.4, -0.2) is 60.3 Å². The number of amides is 1. The minimum Gasteiger partial charge on any atom is -0.495 e. The molecule has 0 radical (unpaired) electrons. The van der Waals surface area contributed by atoms with Crippen LogP contribution in [0, 0.1) is 0 Å². The fourth-order valence-electron chi connectivity index (χ4n) is 2.92. The lowest BCUT2D eigenvalue weighted by Crippen LogP contribution is -2.42. The van der Waals surface area contributed by atoms with Gasteiger partial charge in [0.25, 0.3) is 15.9 Å². The number of carboxylic acids is 1. The maximum atomic E-state index is 12.9. The lowest BCUT2D eigenvalue weighted by Gasteiger charge is -2.28. The van der Waals surface area contributed by atoms with Crippen molar-refractivity contribution in [1.82, 2.24) is 0 Å². The Balaban J connectivity index is 1.96. The number of nitrogens with one attached hydrogen (secondary N) is 2. The summed E-state index contributed by atoms with van der Waals surface area (Å²) < 4.78 is 63.8. The van der Waals surface area contributed by atoms with Crippen molar-refractivity contribution in [1.29, 1.82) is 0 Å². The number of carboxylic acid groups (broad SMARTS) is 1. The molecule has 1 aliphatic heterocycles. The first-order valence-electron chi connectivity index (χ1n) is 8.87. The van der Waals surface area contributed by atoms with Crippen LogP contribution in [0.3, 0.4) is 0 Å². The van der Waals surface area contributed by atoms with E-state index in [2.05, 4.69) is 9.44 Å². The van der Waals surface area contributed by atoms with Crippen LogP contribution in [0.5, 0.6) is 11.5 Å². The molecule has 1 aliphatic rings. The molecule has 0 unspecified atom stereocenters. The number of anilines is 3. The lowest BCUT2D eigenvalue weighted by atomic mass is 10.2. The second kappa shape index (κ2) is 8.55. The smallest absolute Gasteiger partial charge is 0.323 e. The first-order chi connectivity index (χ1) is 14.9. The Morgan fingerprint density at radius 3 is 2.50 bits per heavy atom. The molecule has 32 heavy (non-hydrogen) atoms. The van der Waals surface area contributed by atoms with Crippen LogP contribution >= 0.6 is 0 Å². The van der Waals surface area contributed by atoms with Crippen LogP contribution in [0.15, 0.2) is 41.3 Å². The molecule has 0 aliphatic carbocycles. The van der Waals surface area contributed by atoms with Crippen molar-refractivity contribution in [2.75, 3.05) is 40.9 Å². The molecular formula is C18H19N3O9S2. The summed E-state index contributed by atoms with van der Waals surface area (Å²) in [5.41, 5.74) is 0.0531. The predicted octanol–water partition coefficient (Wildman–Crippen LogP) is 0.677. The summed E-state index contributed by atoms with van der Waals surface area (Å²) >= 11 is 0. The number of carbonyl (C=O) groups excluding carboxylic acids is 1. The third-order valence-electron chi connectivity index (χ3n) is 4.22. The number of ether oxygens (including phenoxy) is 2. The Labute approximate surface area is 183 Å². The summed E-state index contributed by atoms with van der Waals surface area (Å²) in [6, 6.07) is 7.64. The highest BCUT2D eigenvalue weighted by Crippen LogP contribution is 2.35. The summed E-state index contributed by atoms with van der Waals surface area (Å²) in [5.74, 6) is -1.57. The third kappa shape index (κ3) is 5.20. The first-order valence-corrected chi connectivity index (χ1v) is 12.2. The Kier molecular flexibility index (Phi) is 6.18. The molecule has 0 bridgehead atoms. The van der Waals surface area contributed by atoms with E-state index in [1.54, 1.807) is 0 Å². The van der Waals surface area contributed by atoms with Crippen molar-refractivity contribution in [3.63, 3.8) is 0 Å². The summed E-state index contributed by atoms with van der Waals surface area (Å²) in [7, 11) is -6.54. The topological polar surface area (TPSA) is 168 Å². The number of rotatable bonds is 8. The molecule has 0 fully saturated rings. The van der Waals surface area contributed by atoms with Gasteiger partial charge in [0, 0.05) is 0 Å². The van der Waals surface area contributed by atoms with Gasteiger partial charge in [-0.25, -0.2) is 16.8 Å². The molecule has 0 saturated heterocycles. The Morgan fingerprint density at radius 2 is 1.88 bits per heavy atom. The average molecular weight is 485 g/mol. The molecule has 3 rings (SSSR count). The van der Waals surface area contributed by atoms with E-state index < -0.39 is 38.5 Å². The van der Waals surface area contributed by atoms with E-state index in [1.165, 1.54) is 37.4 Å². The molecular weight excluding hydrogens is 466 g/mol. The zero-order valence-electron chi connectivity index (χ0n) is 16.9. The van der Waals surface area contributed by atoms with Crippen molar-refractivity contribution >= 4 is 49.0 Å². The molecule has 14 heteroatoms. The average Bonchev–Trinajstić information content (AvgIpc) is 2.68. The molecule has 0 atom stereocenters. The lowest BCUT2D eigenvalue weighted by molar-refractivity contribution is -0.137. The van der Waals surface area contributed by atoms with E-state index in [9.17, 15) is 26.4 Å². The molecule has 2 aromatic carbocycles. The van der Waals surface area contributed by atoms with Crippen molar-refractivity contribution < 1.29 is 41.0 Å². The molecule has 1 amide bonds. The van der Waals surface area contributed by atoms with Gasteiger partial charge in [-0.15, -0.1) is 0 Å². The van der Waals surface area contributed by atoms with Crippen molar-refractivity contribution in [2.24, 2.45) is 0 Å². The van der Waals surface area contributed by atoms with Crippen LogP contribution < -0.4 is 23.8 Å². The molecule has 3 N–H and O–H groups in total. The number of fused-ring (bicyclic) bond motifs is 1. The minimum atomic E-state index is -4.21. The molecule has 0 aromatic heterocycles. The largest absolute Gasteiger partial charge is 0.495 e. The van der Waals surface area contributed by atoms with Gasteiger partial charge >= 0.3 is 5.97 Å². The van der Waals surface area contributed by atoms with Gasteiger partial charge in [0.2, 0.25) is 10.0 Å². The fourth-order valence-corrected chi connectivity index (χ4v) is 4.55. The quantitative estimate of drug-likeness (QED) is 0.487. The van der Waals surface area contributed by atoms with E-state index in [-0.39, 0.29) is 40.1 Å². The number of sulfonamides is 2. The van der Waals surface area contributed by atoms with E-state index in [0.717, 1.165) is 17.2 Å². The SMILES string of the molecule is COc1ccc(NS(=O)(=O)c2ccc3c(c2)N(CC(=O)O)C(=O)CO3)cc1NS(C)(=O)=O. The zero-order valence-corrected chi connectivity index (χ0v) is 18.5. The van der Waals surface area contributed by atoms with E-state index >= 15 is 0 Å². The summed E-state index contributed by atoms with van der Waals surface area (Å²) in [4.78, 5) is 23.8. The molecule has 0 saturated carbocycles. The molecule has 2 aromatic rings. The summed E-state index contributed by atoms with van der Waals surface area (Å²) in [6.45, 7) is -1.03. The van der Waals surface area contributed by atoms with E-state index in [4.69, 9.17) is 14.6 Å². The maximum absolute atomic E-state index is 12.9. The number of methoxy groups -OCH3 is 1. The van der Waals surface area contributed by atoms with Gasteiger partial charge in [0.05, 0.1) is 35.3 Å². The summed E-state index contributed by atoms with van der Waals surface area (Å²) in [5, 5.41) is 9.06. The van der Waals surface area contributed by atoms with Crippen molar-refractivity contribution in [3.8, 4) is 11.5 Å². The minimum absolute atomic E-state index is 0.000637. The first kappa shape index (κ1) is 23.1. The highest BCUT2D eigenvalue weighted by Gasteiger charge is 2.29. The van der Waals surface area contributed by atoms with Gasteiger partial charge in [-0.2, -0.15) is 0 Å². The van der Waals surface area contributed by atoms with Crippen molar-refractivity contribution in [3.05, 3.63) is 36.4 Å². The second-order valence-corrected chi connectivity index (χ2v) is 10.1. The van der Waals surface area contributed by atoms with E-state index in [0.29, 0.717) is 0 Å². The fraction of sp³-hybridized carbons (Fsp3) is 0.222. The van der Waals surface area contributed by atoms with Crippen LogP contribution in [0.1, 0.15) is 0 Å². The Morgan fingerprint density at radius 1 is 1.16 bits per heavy atom. The van der Waals surface area contributed by atoms with Gasteiger partial charge in [-0.1, -0.05) is 0 Å². The molecule has 0 spiro atoms. The monoisotopic (exact) mass is 485 g/mol. The van der Waals surface area contributed by atoms with Gasteiger partial charge < -0.3 is 14.6 Å². The number of aliphatic carboxylic acids is 1. The second-order valence-electron chi connectivity index (χ2n) is 6.69. The Hall–Kier alpha value is -3.52. The Bertz CT molecular complexity index is 1290. The number of carbonyl (C=O) groups is 2. The zero-order chi connectivity index (χ0) is 23.7. The highest BCUT2D eigenvalue weighted by molar-refractivity contribution is 7.92. The molecule has 172 valence electrons. The van der Waals surface area contributed by atoms with Crippen LogP contribution in [0.2, 0.25) is 0 Å². The van der Waals surface area contributed by atoms with E-state index in [1.807, 2.05) is 0 Å². The number of hydrogen-bond acceptors (Lipinski definition) is 8.